The zero-order valence-corrected chi connectivity index (χ0v) is 11.2. The molecule has 0 fully saturated rings. The average Bonchev–Trinajstić information content (AvgIpc) is 2.30. The van der Waals surface area contributed by atoms with E-state index in [1.54, 1.807) is 13.8 Å². The third-order valence-electron chi connectivity index (χ3n) is 3.19. The highest BCUT2D eigenvalue weighted by Gasteiger charge is 2.43. The number of hydrogen-bond donors (Lipinski definition) is 3. The molecular formula is C12H20NO3P. The van der Waals surface area contributed by atoms with E-state index >= 15 is 0 Å². The molecule has 1 aromatic rings. The van der Waals surface area contributed by atoms with E-state index in [2.05, 4.69) is 5.32 Å². The molecule has 0 aromatic heterocycles. The summed E-state index contributed by atoms with van der Waals surface area (Å²) in [6.07, 6.45) is 0.807. The van der Waals surface area contributed by atoms with Crippen molar-refractivity contribution in [1.82, 2.24) is 5.32 Å². The maximum atomic E-state index is 11.6. The van der Waals surface area contributed by atoms with E-state index in [0.29, 0.717) is 19.4 Å². The van der Waals surface area contributed by atoms with Crippen LogP contribution >= 0.6 is 7.60 Å². The molecule has 0 heterocycles. The Bertz CT molecular complexity index is 384. The summed E-state index contributed by atoms with van der Waals surface area (Å²) in [6, 6.07) is 9.60. The average molecular weight is 257 g/mol. The van der Waals surface area contributed by atoms with E-state index < -0.39 is 12.9 Å². The van der Waals surface area contributed by atoms with E-state index in [4.69, 9.17) is 0 Å². The smallest absolute Gasteiger partial charge is 0.323 e. The molecule has 0 bridgehead atoms. The monoisotopic (exact) mass is 257 g/mol. The van der Waals surface area contributed by atoms with E-state index in [9.17, 15) is 14.4 Å². The minimum Gasteiger partial charge on any atom is -0.323 e. The van der Waals surface area contributed by atoms with Gasteiger partial charge in [-0.1, -0.05) is 44.2 Å². The quantitative estimate of drug-likeness (QED) is 0.685. The summed E-state index contributed by atoms with van der Waals surface area (Å²) in [5.41, 5.74) is 1.02. The van der Waals surface area contributed by atoms with Crippen molar-refractivity contribution in [2.24, 2.45) is 0 Å². The molecule has 96 valence electrons. The first kappa shape index (κ1) is 14.4. The summed E-state index contributed by atoms with van der Waals surface area (Å²) in [5.74, 6) is 0. The van der Waals surface area contributed by atoms with Crippen molar-refractivity contribution < 1.29 is 14.4 Å². The Kier molecular flexibility index (Phi) is 4.90. The van der Waals surface area contributed by atoms with E-state index in [1.165, 1.54) is 0 Å². The molecule has 0 amide bonds. The highest BCUT2D eigenvalue weighted by atomic mass is 31.2. The van der Waals surface area contributed by atoms with Gasteiger partial charge in [-0.15, -0.1) is 0 Å². The highest BCUT2D eigenvalue weighted by Crippen LogP contribution is 2.52. The van der Waals surface area contributed by atoms with Crippen molar-refractivity contribution in [1.29, 1.82) is 0 Å². The summed E-state index contributed by atoms with van der Waals surface area (Å²) in [4.78, 5) is 18.9. The van der Waals surface area contributed by atoms with Crippen LogP contribution < -0.4 is 5.32 Å². The van der Waals surface area contributed by atoms with Crippen LogP contribution in [0.2, 0.25) is 0 Å². The fourth-order valence-corrected chi connectivity index (χ4v) is 2.99. The molecule has 0 aliphatic carbocycles. The molecule has 0 unspecified atom stereocenters. The molecule has 0 aliphatic rings. The second-order valence-corrected chi connectivity index (χ2v) is 6.07. The van der Waals surface area contributed by atoms with Gasteiger partial charge in [-0.3, -0.25) is 9.88 Å². The van der Waals surface area contributed by atoms with Gasteiger partial charge in [-0.2, -0.15) is 0 Å². The van der Waals surface area contributed by atoms with Gasteiger partial charge in [0, 0.05) is 6.54 Å². The van der Waals surface area contributed by atoms with Crippen LogP contribution in [0, 0.1) is 0 Å². The van der Waals surface area contributed by atoms with Gasteiger partial charge in [0.25, 0.3) is 0 Å². The maximum absolute atomic E-state index is 11.6. The van der Waals surface area contributed by atoms with E-state index in [1.807, 2.05) is 30.3 Å². The molecule has 0 atom stereocenters. The first-order valence-corrected chi connectivity index (χ1v) is 7.41. The van der Waals surface area contributed by atoms with Gasteiger partial charge in [0.1, 0.15) is 5.28 Å². The molecule has 0 saturated heterocycles. The minimum atomic E-state index is -4.15. The van der Waals surface area contributed by atoms with E-state index in [-0.39, 0.29) is 0 Å². The fraction of sp³-hybridized carbons (Fsp3) is 0.500. The maximum Gasteiger partial charge on any atom is 0.345 e. The van der Waals surface area contributed by atoms with Crippen molar-refractivity contribution in [2.45, 2.75) is 38.5 Å². The molecule has 4 nitrogen and oxygen atoms in total. The van der Waals surface area contributed by atoms with Gasteiger partial charge in [0.05, 0.1) is 0 Å². The minimum absolute atomic E-state index is 0.403. The van der Waals surface area contributed by atoms with Gasteiger partial charge >= 0.3 is 7.60 Å². The van der Waals surface area contributed by atoms with Gasteiger partial charge in [0.2, 0.25) is 0 Å². The van der Waals surface area contributed by atoms with Crippen molar-refractivity contribution in [3.63, 3.8) is 0 Å². The van der Waals surface area contributed by atoms with Crippen molar-refractivity contribution in [3.05, 3.63) is 35.9 Å². The molecule has 1 rings (SSSR count). The van der Waals surface area contributed by atoms with Crippen LogP contribution in [0.25, 0.3) is 0 Å². The first-order chi connectivity index (χ1) is 7.95. The molecule has 0 aliphatic heterocycles. The lowest BCUT2D eigenvalue weighted by Gasteiger charge is -2.33. The van der Waals surface area contributed by atoms with Crippen molar-refractivity contribution in [3.8, 4) is 0 Å². The lowest BCUT2D eigenvalue weighted by atomic mass is 10.1. The van der Waals surface area contributed by atoms with Crippen LogP contribution in [0.3, 0.4) is 0 Å². The third-order valence-corrected chi connectivity index (χ3v) is 5.10. The van der Waals surface area contributed by atoms with Gasteiger partial charge in [-0.25, -0.2) is 0 Å². The standard InChI is InChI=1S/C12H20NO3P/c1-3-12(4-2,17(14,15)16)13-10-11-8-6-5-7-9-11/h5-9,13H,3-4,10H2,1-2H3,(H2,14,15,16). The summed E-state index contributed by atoms with van der Waals surface area (Å²) >= 11 is 0. The molecule has 5 heteroatoms. The lowest BCUT2D eigenvalue weighted by molar-refractivity contribution is 0.283. The predicted molar refractivity (Wildman–Crippen MR) is 68.6 cm³/mol. The molecule has 0 saturated carbocycles. The van der Waals surface area contributed by atoms with Gasteiger partial charge in [0.15, 0.2) is 0 Å². The zero-order valence-electron chi connectivity index (χ0n) is 10.3. The molecular weight excluding hydrogens is 237 g/mol. The summed E-state index contributed by atoms with van der Waals surface area (Å²) < 4.78 is 11.6. The zero-order chi connectivity index (χ0) is 12.9. The third kappa shape index (κ3) is 3.39. The number of hydrogen-bond acceptors (Lipinski definition) is 2. The Labute approximate surface area is 102 Å². The fourth-order valence-electron chi connectivity index (χ4n) is 1.88. The van der Waals surface area contributed by atoms with Gasteiger partial charge in [-0.05, 0) is 18.4 Å². The van der Waals surface area contributed by atoms with Crippen LogP contribution in [0.4, 0.5) is 0 Å². The van der Waals surface area contributed by atoms with Crippen molar-refractivity contribution in [2.75, 3.05) is 0 Å². The molecule has 17 heavy (non-hydrogen) atoms. The second kappa shape index (κ2) is 5.78. The Balaban J connectivity index is 2.79. The topological polar surface area (TPSA) is 69.6 Å². The molecule has 0 spiro atoms. The predicted octanol–water partition coefficient (Wildman–Crippen LogP) is 2.47. The Morgan fingerprint density at radius 3 is 2.12 bits per heavy atom. The van der Waals surface area contributed by atoms with Gasteiger partial charge < -0.3 is 9.79 Å². The number of nitrogens with one attached hydrogen (secondary N) is 1. The molecule has 0 radical (unpaired) electrons. The van der Waals surface area contributed by atoms with Crippen LogP contribution in [-0.2, 0) is 11.1 Å². The van der Waals surface area contributed by atoms with Crippen LogP contribution in [0.5, 0.6) is 0 Å². The normalized spacial score (nSPS) is 12.7. The van der Waals surface area contributed by atoms with E-state index in [0.717, 1.165) is 5.56 Å². The Morgan fingerprint density at radius 2 is 1.71 bits per heavy atom. The Hall–Kier alpha value is -0.670. The highest BCUT2D eigenvalue weighted by molar-refractivity contribution is 7.53. The van der Waals surface area contributed by atoms with Crippen LogP contribution in [-0.4, -0.2) is 15.1 Å². The first-order valence-electron chi connectivity index (χ1n) is 5.80. The summed E-state index contributed by atoms with van der Waals surface area (Å²) in [6.45, 7) is 4.05. The lowest BCUT2D eigenvalue weighted by Crippen LogP contribution is -2.43. The summed E-state index contributed by atoms with van der Waals surface area (Å²) in [5, 5.41) is 1.92. The largest absolute Gasteiger partial charge is 0.345 e. The molecule has 3 N–H and O–H groups in total. The summed E-state index contributed by atoms with van der Waals surface area (Å²) in [7, 11) is -4.15. The molecule has 1 aromatic carbocycles. The van der Waals surface area contributed by atoms with Crippen LogP contribution in [0.1, 0.15) is 32.3 Å². The van der Waals surface area contributed by atoms with Crippen molar-refractivity contribution >= 4 is 7.60 Å². The number of rotatable bonds is 6. The second-order valence-electron chi connectivity index (χ2n) is 4.12. The number of benzene rings is 1. The van der Waals surface area contributed by atoms with Crippen LogP contribution in [0.15, 0.2) is 30.3 Å². The Morgan fingerprint density at radius 1 is 1.18 bits per heavy atom. The SMILES string of the molecule is CCC(CC)(NCc1ccccc1)P(=O)(O)O.